The Morgan fingerprint density at radius 3 is 2.46 bits per heavy atom. The van der Waals surface area contributed by atoms with Gasteiger partial charge in [-0.05, 0) is 42.5 Å². The number of hydrogen-bond acceptors (Lipinski definition) is 6. The van der Waals surface area contributed by atoms with E-state index in [9.17, 15) is 18.0 Å². The molecule has 2 aromatic rings. The zero-order valence-electron chi connectivity index (χ0n) is 15.0. The lowest BCUT2D eigenvalue weighted by Crippen LogP contribution is -2.31. The van der Waals surface area contributed by atoms with Gasteiger partial charge in [0.1, 0.15) is 0 Å². The van der Waals surface area contributed by atoms with Crippen LogP contribution in [0.1, 0.15) is 10.4 Å². The van der Waals surface area contributed by atoms with Gasteiger partial charge in [0.05, 0.1) is 29.8 Å². The van der Waals surface area contributed by atoms with Gasteiger partial charge in [-0.2, -0.15) is 0 Å². The van der Waals surface area contributed by atoms with Crippen molar-refractivity contribution in [1.29, 1.82) is 0 Å². The molecule has 28 heavy (non-hydrogen) atoms. The van der Waals surface area contributed by atoms with Crippen LogP contribution in [-0.4, -0.2) is 40.6 Å². The number of hydrogen-bond donors (Lipinski definition) is 0. The van der Waals surface area contributed by atoms with Crippen LogP contribution >= 0.6 is 11.6 Å². The summed E-state index contributed by atoms with van der Waals surface area (Å²) in [6.07, 6.45) is 1.45. The molecule has 2 rings (SSSR count). The molecule has 0 atom stereocenters. The van der Waals surface area contributed by atoms with Gasteiger partial charge >= 0.3 is 11.9 Å². The second-order valence-corrected chi connectivity index (χ2v) is 7.78. The Kier molecular flexibility index (Phi) is 7.19. The van der Waals surface area contributed by atoms with E-state index in [0.29, 0.717) is 10.7 Å². The first-order valence-corrected chi connectivity index (χ1v) is 9.84. The summed E-state index contributed by atoms with van der Waals surface area (Å²) in [4.78, 5) is 23.1. The maximum absolute atomic E-state index is 13.1. The van der Waals surface area contributed by atoms with Gasteiger partial charge in [-0.25, -0.2) is 18.0 Å². The predicted molar refractivity (Wildman–Crippen MR) is 105 cm³/mol. The maximum atomic E-state index is 13.1. The number of rotatable bonds is 8. The summed E-state index contributed by atoms with van der Waals surface area (Å²) in [6, 6.07) is 11.6. The smallest absolute Gasteiger partial charge is 0.344 e. The molecule has 0 radical (unpaired) electrons. The monoisotopic (exact) mass is 423 g/mol. The first-order chi connectivity index (χ1) is 13.3. The van der Waals surface area contributed by atoms with E-state index in [1.165, 1.54) is 30.3 Å². The molecule has 0 aliphatic carbocycles. The van der Waals surface area contributed by atoms with Crippen molar-refractivity contribution < 1.29 is 27.5 Å². The molecule has 0 spiro atoms. The second-order valence-electron chi connectivity index (χ2n) is 5.48. The number of nitrogens with zero attached hydrogens (tertiary/aromatic N) is 1. The average molecular weight is 424 g/mol. The number of ether oxygens (including phenoxy) is 2. The number of esters is 2. The molecule has 0 amide bonds. The molecular formula is C19H18ClNO6S. The predicted octanol–water partition coefficient (Wildman–Crippen LogP) is 3.05. The van der Waals surface area contributed by atoms with E-state index < -0.39 is 28.6 Å². The lowest BCUT2D eigenvalue weighted by Gasteiger charge is -2.23. The normalized spacial score (nSPS) is 10.8. The Balaban J connectivity index is 2.35. The molecule has 2 aromatic carbocycles. The van der Waals surface area contributed by atoms with Crippen LogP contribution in [0.25, 0.3) is 0 Å². The molecule has 0 saturated carbocycles. The van der Waals surface area contributed by atoms with Crippen LogP contribution in [0.5, 0.6) is 0 Å². The van der Waals surface area contributed by atoms with Crippen molar-refractivity contribution >= 4 is 39.3 Å². The summed E-state index contributed by atoms with van der Waals surface area (Å²) in [5, 5.41) is 0.468. The van der Waals surface area contributed by atoms with Gasteiger partial charge in [0.2, 0.25) is 0 Å². The van der Waals surface area contributed by atoms with E-state index in [4.69, 9.17) is 16.3 Å². The van der Waals surface area contributed by atoms with Gasteiger partial charge in [-0.3, -0.25) is 4.31 Å². The molecule has 0 saturated heterocycles. The zero-order chi connectivity index (χ0) is 20.7. The fourth-order valence-corrected chi connectivity index (χ4v) is 3.85. The maximum Gasteiger partial charge on any atom is 0.344 e. The minimum atomic E-state index is -4.00. The Bertz CT molecular complexity index is 972. The van der Waals surface area contributed by atoms with Crippen molar-refractivity contribution in [2.75, 3.05) is 24.6 Å². The molecule has 148 valence electrons. The summed E-state index contributed by atoms with van der Waals surface area (Å²) in [5.41, 5.74) is 0.377. The largest absolute Gasteiger partial charge is 0.466 e. The number of sulfonamides is 1. The molecule has 0 heterocycles. The van der Waals surface area contributed by atoms with Gasteiger partial charge in [-0.15, -0.1) is 6.58 Å². The van der Waals surface area contributed by atoms with E-state index in [-0.39, 0.29) is 17.0 Å². The Hall–Kier alpha value is -2.84. The van der Waals surface area contributed by atoms with Gasteiger partial charge < -0.3 is 9.47 Å². The van der Waals surface area contributed by atoms with E-state index in [2.05, 4.69) is 11.3 Å². The Labute approximate surface area is 168 Å². The fraction of sp³-hybridized carbons (Fsp3) is 0.158. The molecule has 9 heteroatoms. The summed E-state index contributed by atoms with van der Waals surface area (Å²) < 4.78 is 36.6. The summed E-state index contributed by atoms with van der Waals surface area (Å²) in [7, 11) is -2.84. The summed E-state index contributed by atoms with van der Waals surface area (Å²) in [6.45, 7) is 3.04. The topological polar surface area (TPSA) is 90.0 Å². The molecule has 0 aliphatic heterocycles. The van der Waals surface area contributed by atoms with Crippen LogP contribution in [0.15, 0.2) is 66.1 Å². The quantitative estimate of drug-likeness (QED) is 0.479. The van der Waals surface area contributed by atoms with Crippen LogP contribution in [-0.2, 0) is 24.3 Å². The second kappa shape index (κ2) is 9.38. The summed E-state index contributed by atoms with van der Waals surface area (Å²) in [5.74, 6) is -1.57. The van der Waals surface area contributed by atoms with Crippen LogP contribution in [0, 0.1) is 0 Å². The minimum Gasteiger partial charge on any atom is -0.466 e. The highest BCUT2D eigenvalue weighted by Gasteiger charge is 2.25. The van der Waals surface area contributed by atoms with Crippen LogP contribution in [0.2, 0.25) is 5.02 Å². The van der Waals surface area contributed by atoms with Crippen LogP contribution in [0.3, 0.4) is 0 Å². The number of methoxy groups -OCH3 is 1. The van der Waals surface area contributed by atoms with Gasteiger partial charge in [0.25, 0.3) is 10.0 Å². The number of benzene rings is 2. The van der Waals surface area contributed by atoms with Crippen LogP contribution in [0.4, 0.5) is 5.69 Å². The molecule has 7 nitrogen and oxygen atoms in total. The number of halogens is 1. The molecule has 0 unspecified atom stereocenters. The third kappa shape index (κ3) is 5.11. The molecule has 0 aromatic heterocycles. The highest BCUT2D eigenvalue weighted by Crippen LogP contribution is 2.25. The first-order valence-electron chi connectivity index (χ1n) is 8.03. The van der Waals surface area contributed by atoms with E-state index in [1.54, 1.807) is 24.3 Å². The number of anilines is 1. The van der Waals surface area contributed by atoms with Crippen molar-refractivity contribution in [3.8, 4) is 0 Å². The average Bonchev–Trinajstić information content (AvgIpc) is 2.70. The van der Waals surface area contributed by atoms with Crippen molar-refractivity contribution in [2.45, 2.75) is 4.90 Å². The highest BCUT2D eigenvalue weighted by atomic mass is 35.5. The third-order valence-electron chi connectivity index (χ3n) is 3.62. The van der Waals surface area contributed by atoms with Gasteiger partial charge in [0.15, 0.2) is 6.61 Å². The molecule has 0 fully saturated rings. The molecule has 0 bridgehead atoms. The van der Waals surface area contributed by atoms with Gasteiger partial charge in [0, 0.05) is 5.02 Å². The van der Waals surface area contributed by atoms with Crippen molar-refractivity contribution in [2.24, 2.45) is 0 Å². The van der Waals surface area contributed by atoms with Crippen molar-refractivity contribution in [3.05, 3.63) is 71.8 Å². The third-order valence-corrected chi connectivity index (χ3v) is 5.66. The van der Waals surface area contributed by atoms with Gasteiger partial charge in [-0.1, -0.05) is 23.7 Å². The lowest BCUT2D eigenvalue weighted by molar-refractivity contribution is -0.144. The zero-order valence-corrected chi connectivity index (χ0v) is 16.6. The summed E-state index contributed by atoms with van der Waals surface area (Å²) >= 11 is 5.87. The lowest BCUT2D eigenvalue weighted by atomic mass is 10.2. The number of carbonyl (C=O) groups excluding carboxylic acids is 2. The van der Waals surface area contributed by atoms with E-state index in [1.807, 2.05) is 0 Å². The number of carbonyl (C=O) groups is 2. The first kappa shape index (κ1) is 21.5. The fourth-order valence-electron chi connectivity index (χ4n) is 2.24. The molecular weight excluding hydrogens is 406 g/mol. The highest BCUT2D eigenvalue weighted by molar-refractivity contribution is 7.92. The Morgan fingerprint density at radius 2 is 1.86 bits per heavy atom. The Morgan fingerprint density at radius 1 is 1.18 bits per heavy atom. The van der Waals surface area contributed by atoms with E-state index in [0.717, 1.165) is 11.4 Å². The van der Waals surface area contributed by atoms with Crippen LogP contribution < -0.4 is 4.31 Å². The SMILES string of the molecule is C=CCN(c1ccc(Cl)cc1)S(=O)(=O)c1cccc(C(=O)OCC(=O)OC)c1. The molecule has 0 aliphatic rings. The van der Waals surface area contributed by atoms with Crippen molar-refractivity contribution in [1.82, 2.24) is 0 Å². The standard InChI is InChI=1S/C19H18ClNO6S/c1-3-11-21(16-9-7-15(20)8-10-16)28(24,25)17-6-4-5-14(12-17)19(23)27-13-18(22)26-2/h3-10,12H,1,11,13H2,2H3. The molecule has 0 N–H and O–H groups in total. The van der Waals surface area contributed by atoms with E-state index >= 15 is 0 Å². The minimum absolute atomic E-state index is 0.0142. The van der Waals surface area contributed by atoms with Crippen molar-refractivity contribution in [3.63, 3.8) is 0 Å².